The van der Waals surface area contributed by atoms with E-state index in [4.69, 9.17) is 9.26 Å². The summed E-state index contributed by atoms with van der Waals surface area (Å²) < 4.78 is 11.3. The van der Waals surface area contributed by atoms with Crippen molar-refractivity contribution in [2.75, 3.05) is 33.3 Å². The number of methoxy groups -OCH3 is 1. The van der Waals surface area contributed by atoms with Crippen LogP contribution in [0.15, 0.2) is 4.52 Å². The van der Waals surface area contributed by atoms with Crippen LogP contribution in [0, 0.1) is 0 Å². The number of ether oxygens (including phenoxy) is 1. The Bertz CT molecular complexity index is 435. The van der Waals surface area contributed by atoms with Crippen LogP contribution in [0.25, 0.3) is 0 Å². The van der Waals surface area contributed by atoms with Gasteiger partial charge in [-0.05, 0) is 32.4 Å². The van der Waals surface area contributed by atoms with Crippen molar-refractivity contribution in [1.82, 2.24) is 20.4 Å². The number of aromatic nitrogens is 2. The largest absolute Gasteiger partial charge is 0.370 e. The number of hydrogen-bond acceptors (Lipinski definition) is 6. The van der Waals surface area contributed by atoms with E-state index in [0.717, 1.165) is 51.4 Å². The Morgan fingerprint density at radius 2 is 2.05 bits per heavy atom. The molecule has 0 aromatic carbocycles. The van der Waals surface area contributed by atoms with Gasteiger partial charge in [-0.15, -0.1) is 0 Å². The minimum absolute atomic E-state index is 0.319. The fourth-order valence-corrected chi connectivity index (χ4v) is 3.40. The quantitative estimate of drug-likeness (QED) is 0.911. The van der Waals surface area contributed by atoms with Crippen LogP contribution in [0.2, 0.25) is 0 Å². The number of nitrogens with zero attached hydrogens (tertiary/aromatic N) is 3. The lowest BCUT2D eigenvalue weighted by Gasteiger charge is -2.32. The maximum Gasteiger partial charge on any atom is 0.240 e. The first-order valence-electron chi connectivity index (χ1n) is 8.14. The highest BCUT2D eigenvalue weighted by atomic mass is 16.5. The predicted molar refractivity (Wildman–Crippen MR) is 78.8 cm³/mol. The summed E-state index contributed by atoms with van der Waals surface area (Å²) in [5.74, 6) is 1.46. The Morgan fingerprint density at radius 1 is 1.19 bits per heavy atom. The molecule has 1 aromatic rings. The van der Waals surface area contributed by atoms with Crippen LogP contribution in [0.5, 0.6) is 0 Å². The molecule has 0 unspecified atom stereocenters. The van der Waals surface area contributed by atoms with Gasteiger partial charge in [-0.3, -0.25) is 4.90 Å². The summed E-state index contributed by atoms with van der Waals surface area (Å²) in [6.45, 7) is 4.99. The highest BCUT2D eigenvalue weighted by molar-refractivity contribution is 5.03. The van der Waals surface area contributed by atoms with Crippen LogP contribution in [-0.2, 0) is 16.9 Å². The molecule has 0 atom stereocenters. The van der Waals surface area contributed by atoms with E-state index >= 15 is 0 Å². The van der Waals surface area contributed by atoms with Gasteiger partial charge in [-0.2, -0.15) is 4.98 Å². The Kier molecular flexibility index (Phi) is 4.87. The van der Waals surface area contributed by atoms with Gasteiger partial charge in [-0.1, -0.05) is 24.4 Å². The second-order valence-corrected chi connectivity index (χ2v) is 6.15. The molecule has 2 aliphatic rings. The molecule has 1 saturated carbocycles. The van der Waals surface area contributed by atoms with E-state index in [2.05, 4.69) is 20.4 Å². The molecule has 0 radical (unpaired) electrons. The normalized spacial score (nSPS) is 23.9. The van der Waals surface area contributed by atoms with Crippen LogP contribution in [0.1, 0.15) is 50.2 Å². The molecule has 6 nitrogen and oxygen atoms in total. The zero-order chi connectivity index (χ0) is 14.5. The minimum Gasteiger partial charge on any atom is -0.370 e. The van der Waals surface area contributed by atoms with Gasteiger partial charge < -0.3 is 14.6 Å². The topological polar surface area (TPSA) is 63.4 Å². The summed E-state index contributed by atoms with van der Waals surface area (Å²) in [7, 11) is 1.77. The van der Waals surface area contributed by atoms with E-state index in [9.17, 15) is 0 Å². The number of rotatable bonds is 4. The standard InChI is InChI=1S/C15H26N4O2/c1-20-15(6-3-2-4-7-15)14-17-13(21-18-14)12-19-10-5-8-16-9-11-19/h16H,2-12H2,1H3. The second kappa shape index (κ2) is 6.85. The summed E-state index contributed by atoms with van der Waals surface area (Å²) in [6, 6.07) is 0. The van der Waals surface area contributed by atoms with E-state index in [1.54, 1.807) is 7.11 Å². The summed E-state index contributed by atoms with van der Waals surface area (Å²) in [5, 5.41) is 7.63. The molecule has 2 heterocycles. The van der Waals surface area contributed by atoms with Crippen LogP contribution in [-0.4, -0.2) is 48.3 Å². The molecule has 1 aliphatic heterocycles. The molecule has 0 amide bonds. The van der Waals surface area contributed by atoms with Gasteiger partial charge in [0, 0.05) is 20.2 Å². The Morgan fingerprint density at radius 3 is 2.86 bits per heavy atom. The summed E-state index contributed by atoms with van der Waals surface area (Å²) in [6.07, 6.45) is 6.79. The summed E-state index contributed by atoms with van der Waals surface area (Å²) in [4.78, 5) is 7.01. The lowest BCUT2D eigenvalue weighted by Crippen LogP contribution is -2.32. The molecule has 0 bridgehead atoms. The molecule has 6 heteroatoms. The molecule has 1 saturated heterocycles. The molecule has 1 aromatic heterocycles. The third-order valence-corrected chi connectivity index (χ3v) is 4.72. The maximum atomic E-state index is 5.78. The average Bonchev–Trinajstić information content (AvgIpc) is 2.85. The Hall–Kier alpha value is -0.980. The van der Waals surface area contributed by atoms with Gasteiger partial charge in [0.2, 0.25) is 11.7 Å². The molecule has 1 aliphatic carbocycles. The average molecular weight is 294 g/mol. The maximum absolute atomic E-state index is 5.78. The third kappa shape index (κ3) is 3.44. The monoisotopic (exact) mass is 294 g/mol. The number of nitrogens with one attached hydrogen (secondary N) is 1. The third-order valence-electron chi connectivity index (χ3n) is 4.72. The zero-order valence-electron chi connectivity index (χ0n) is 12.9. The van der Waals surface area contributed by atoms with Crippen molar-refractivity contribution >= 4 is 0 Å². The highest BCUT2D eigenvalue weighted by Crippen LogP contribution is 2.38. The van der Waals surface area contributed by atoms with E-state index < -0.39 is 0 Å². The van der Waals surface area contributed by atoms with Gasteiger partial charge in [0.25, 0.3) is 0 Å². The van der Waals surface area contributed by atoms with Crippen LogP contribution < -0.4 is 5.32 Å². The molecule has 118 valence electrons. The van der Waals surface area contributed by atoms with Gasteiger partial charge in [0.15, 0.2) is 0 Å². The molecule has 1 N–H and O–H groups in total. The Labute approximate surface area is 126 Å². The summed E-state index contributed by atoms with van der Waals surface area (Å²) in [5.41, 5.74) is -0.319. The molecule has 3 rings (SSSR count). The van der Waals surface area contributed by atoms with E-state index in [1.165, 1.54) is 25.7 Å². The fraction of sp³-hybridized carbons (Fsp3) is 0.867. The van der Waals surface area contributed by atoms with Crippen molar-refractivity contribution in [3.05, 3.63) is 11.7 Å². The molecule has 2 fully saturated rings. The first-order chi connectivity index (χ1) is 10.3. The van der Waals surface area contributed by atoms with Crippen molar-refractivity contribution < 1.29 is 9.26 Å². The predicted octanol–water partition coefficient (Wildman–Crippen LogP) is 1.67. The fourth-order valence-electron chi connectivity index (χ4n) is 3.40. The lowest BCUT2D eigenvalue weighted by atomic mass is 9.84. The molecular formula is C15H26N4O2. The Balaban J connectivity index is 1.67. The van der Waals surface area contributed by atoms with Crippen LogP contribution in [0.3, 0.4) is 0 Å². The first kappa shape index (κ1) is 14.9. The zero-order valence-corrected chi connectivity index (χ0v) is 12.9. The second-order valence-electron chi connectivity index (χ2n) is 6.15. The highest BCUT2D eigenvalue weighted by Gasteiger charge is 2.38. The minimum atomic E-state index is -0.319. The molecular weight excluding hydrogens is 268 g/mol. The van der Waals surface area contributed by atoms with Gasteiger partial charge in [0.1, 0.15) is 5.60 Å². The van der Waals surface area contributed by atoms with E-state index in [0.29, 0.717) is 5.89 Å². The van der Waals surface area contributed by atoms with E-state index in [1.807, 2.05) is 0 Å². The SMILES string of the molecule is COC1(c2noc(CN3CCCNCC3)n2)CCCCC1. The van der Waals surface area contributed by atoms with Crippen molar-refractivity contribution in [3.63, 3.8) is 0 Å². The van der Waals surface area contributed by atoms with E-state index in [-0.39, 0.29) is 5.60 Å². The van der Waals surface area contributed by atoms with Crippen LogP contribution >= 0.6 is 0 Å². The molecule has 0 spiro atoms. The summed E-state index contributed by atoms with van der Waals surface area (Å²) >= 11 is 0. The van der Waals surface area contributed by atoms with Gasteiger partial charge in [-0.25, -0.2) is 0 Å². The molecule has 21 heavy (non-hydrogen) atoms. The van der Waals surface area contributed by atoms with Crippen LogP contribution in [0.4, 0.5) is 0 Å². The van der Waals surface area contributed by atoms with Crippen molar-refractivity contribution in [2.24, 2.45) is 0 Å². The van der Waals surface area contributed by atoms with Gasteiger partial charge in [0.05, 0.1) is 6.54 Å². The van der Waals surface area contributed by atoms with Crippen molar-refractivity contribution in [2.45, 2.75) is 50.7 Å². The van der Waals surface area contributed by atoms with Gasteiger partial charge >= 0.3 is 0 Å². The first-order valence-corrected chi connectivity index (χ1v) is 8.14. The lowest BCUT2D eigenvalue weighted by molar-refractivity contribution is -0.0527. The smallest absolute Gasteiger partial charge is 0.240 e. The number of hydrogen-bond donors (Lipinski definition) is 1. The van der Waals surface area contributed by atoms with Crippen molar-refractivity contribution in [3.8, 4) is 0 Å². The van der Waals surface area contributed by atoms with Crippen molar-refractivity contribution in [1.29, 1.82) is 0 Å².